The summed E-state index contributed by atoms with van der Waals surface area (Å²) in [6, 6.07) is 8.02. The van der Waals surface area contributed by atoms with E-state index in [4.69, 9.17) is 99.5 Å². The number of hydrogen-bond donors (Lipinski definition) is 0. The van der Waals surface area contributed by atoms with Gasteiger partial charge in [0.1, 0.15) is 19.3 Å². The molecule has 1 aromatic heterocycles. The summed E-state index contributed by atoms with van der Waals surface area (Å²) in [6.45, 7) is -0.309. The molecule has 0 aliphatic carbocycles. The van der Waals surface area contributed by atoms with Gasteiger partial charge in [-0.15, -0.1) is 11.3 Å². The summed E-state index contributed by atoms with van der Waals surface area (Å²) < 4.78 is 30.4. The lowest BCUT2D eigenvalue weighted by Crippen LogP contribution is -2.38. The number of phosphoric acid groups is 1. The van der Waals surface area contributed by atoms with Crippen LogP contribution in [0.3, 0.4) is 0 Å². The lowest BCUT2D eigenvalue weighted by Gasteiger charge is -2.33. The number of benzene rings is 1. The molecule has 16 heteroatoms. The number of methoxy groups -OCH3 is 1. The summed E-state index contributed by atoms with van der Waals surface area (Å²) in [5.41, 5.74) is 1.47. The van der Waals surface area contributed by atoms with Gasteiger partial charge in [-0.1, -0.05) is 99.4 Å². The molecule has 0 saturated heterocycles. The first-order valence-electron chi connectivity index (χ1n) is 10.1. The van der Waals surface area contributed by atoms with Gasteiger partial charge in [0.25, 0.3) is 0 Å². The molecule has 0 spiro atoms. The van der Waals surface area contributed by atoms with E-state index in [-0.39, 0.29) is 5.06 Å². The van der Waals surface area contributed by atoms with Gasteiger partial charge in [0, 0.05) is 23.0 Å². The fraction of sp³-hybridized carbons (Fsp3) is 0.450. The molecule has 0 saturated carbocycles. The lowest BCUT2D eigenvalue weighted by atomic mass is 10.0. The average Bonchev–Trinajstić information content (AvgIpc) is 3.18. The number of fused-ring (bicyclic) bond motifs is 1. The Kier molecular flexibility index (Phi) is 10.9. The Morgan fingerprint density at radius 3 is 2.28 bits per heavy atom. The molecule has 0 fully saturated rings. The first-order valence-corrected chi connectivity index (χ1v) is 15.0. The van der Waals surface area contributed by atoms with Crippen molar-refractivity contribution in [2.45, 2.75) is 26.6 Å². The molecular weight excluding hydrogens is 661 g/mol. The third-order valence-electron chi connectivity index (χ3n) is 4.84. The zero-order valence-corrected chi connectivity index (χ0v) is 25.4. The highest BCUT2D eigenvalue weighted by Gasteiger charge is 2.38. The van der Waals surface area contributed by atoms with Gasteiger partial charge in [-0.2, -0.15) is 0 Å². The Hall–Kier alpha value is 0.330. The Morgan fingerprint density at radius 1 is 1.11 bits per heavy atom. The summed E-state index contributed by atoms with van der Waals surface area (Å²) >= 11 is 41.8. The van der Waals surface area contributed by atoms with Crippen molar-refractivity contribution in [3.8, 4) is 5.06 Å². The monoisotopic (exact) mass is 677 g/mol. The first-order chi connectivity index (χ1) is 16.7. The molecule has 36 heavy (non-hydrogen) atoms. The van der Waals surface area contributed by atoms with Crippen LogP contribution in [0.25, 0.3) is 0 Å². The standard InChI is InChI=1S/C20H19Cl7NO6PS/c1-31-18(29)17(13-4-2-3-5-14(13)21)28-7-6-15-12(9-28)8-16(36-15)34-35(30,32-10-19(22,23)24)33-11-20(25,26)27/h2-5,8,17H,6-7,9-11H2,1H3/t17-/m0/s1. The van der Waals surface area contributed by atoms with Gasteiger partial charge in [0.15, 0.2) is 5.06 Å². The van der Waals surface area contributed by atoms with Crippen molar-refractivity contribution in [3.63, 3.8) is 0 Å². The van der Waals surface area contributed by atoms with E-state index in [9.17, 15) is 9.36 Å². The number of carbonyl (C=O) groups excluding carboxylic acids is 1. The first kappa shape index (κ1) is 30.9. The number of phosphoric ester groups is 1. The largest absolute Gasteiger partial charge is 0.531 e. The van der Waals surface area contributed by atoms with Crippen LogP contribution in [0.4, 0.5) is 0 Å². The minimum atomic E-state index is -4.35. The van der Waals surface area contributed by atoms with Crippen LogP contribution in [0.1, 0.15) is 22.0 Å². The van der Waals surface area contributed by atoms with E-state index in [1.165, 1.54) is 18.4 Å². The Balaban J connectivity index is 1.82. The van der Waals surface area contributed by atoms with Crippen LogP contribution in [-0.2, 0) is 36.1 Å². The summed E-state index contributed by atoms with van der Waals surface area (Å²) in [7, 11) is -3.03. The molecule has 0 radical (unpaired) electrons. The molecule has 7 nitrogen and oxygen atoms in total. The predicted molar refractivity (Wildman–Crippen MR) is 145 cm³/mol. The van der Waals surface area contributed by atoms with Crippen molar-refractivity contribution in [2.75, 3.05) is 26.9 Å². The molecule has 1 atom stereocenters. The Morgan fingerprint density at radius 2 is 1.72 bits per heavy atom. The number of alkyl halides is 6. The maximum atomic E-state index is 13.2. The van der Waals surface area contributed by atoms with Crippen molar-refractivity contribution in [2.24, 2.45) is 0 Å². The summed E-state index contributed by atoms with van der Waals surface area (Å²) in [6.07, 6.45) is 0.579. The van der Waals surface area contributed by atoms with Crippen LogP contribution in [-0.4, -0.2) is 45.3 Å². The van der Waals surface area contributed by atoms with E-state index in [1.807, 2.05) is 4.90 Å². The van der Waals surface area contributed by atoms with E-state index in [2.05, 4.69) is 0 Å². The number of rotatable bonds is 9. The quantitative estimate of drug-likeness (QED) is 0.151. The second-order valence-electron chi connectivity index (χ2n) is 7.50. The van der Waals surface area contributed by atoms with Crippen LogP contribution in [0.15, 0.2) is 30.3 Å². The Labute approximate surface area is 247 Å². The highest BCUT2D eigenvalue weighted by molar-refractivity contribution is 7.49. The van der Waals surface area contributed by atoms with Crippen LogP contribution >= 0.6 is 100 Å². The summed E-state index contributed by atoms with van der Waals surface area (Å²) in [4.78, 5) is 15.6. The van der Waals surface area contributed by atoms with Gasteiger partial charge in [-0.3, -0.25) is 13.9 Å². The minimum absolute atomic E-state index is 0.214. The third-order valence-corrected chi connectivity index (χ3v) is 8.39. The Bertz CT molecular complexity index is 1100. The number of esters is 1. The fourth-order valence-corrected chi connectivity index (χ4v) is 6.87. The molecule has 1 aromatic carbocycles. The molecule has 0 N–H and O–H groups in total. The van der Waals surface area contributed by atoms with Crippen LogP contribution < -0.4 is 4.52 Å². The second-order valence-corrected chi connectivity index (χ2v) is 15.6. The van der Waals surface area contributed by atoms with Crippen LogP contribution in [0.2, 0.25) is 5.02 Å². The van der Waals surface area contributed by atoms with E-state index in [0.29, 0.717) is 30.1 Å². The molecule has 200 valence electrons. The van der Waals surface area contributed by atoms with E-state index in [1.54, 1.807) is 30.3 Å². The number of halogens is 7. The topological polar surface area (TPSA) is 74.3 Å². The second kappa shape index (κ2) is 12.7. The molecule has 2 aromatic rings. The predicted octanol–water partition coefficient (Wildman–Crippen LogP) is 7.93. The number of nitrogens with zero attached hydrogens (tertiary/aromatic N) is 1. The zero-order valence-electron chi connectivity index (χ0n) is 18.4. The molecule has 1 aliphatic heterocycles. The van der Waals surface area contributed by atoms with E-state index < -0.39 is 40.6 Å². The van der Waals surface area contributed by atoms with Gasteiger partial charge < -0.3 is 9.26 Å². The average molecular weight is 681 g/mol. The number of ether oxygens (including phenoxy) is 1. The van der Waals surface area contributed by atoms with Gasteiger partial charge in [0.05, 0.1) is 7.11 Å². The number of carbonyl (C=O) groups is 1. The molecule has 0 amide bonds. The summed E-state index contributed by atoms with van der Waals surface area (Å²) in [5.74, 6) is -0.442. The van der Waals surface area contributed by atoms with Crippen molar-refractivity contribution >= 4 is 106 Å². The zero-order chi connectivity index (χ0) is 26.7. The normalized spacial score (nSPS) is 15.9. The SMILES string of the molecule is COC(=O)[C@H](c1ccccc1Cl)N1CCc2sc(OP(=O)(OCC(Cl)(Cl)Cl)OCC(Cl)(Cl)Cl)cc2C1. The van der Waals surface area contributed by atoms with Crippen molar-refractivity contribution in [3.05, 3.63) is 51.4 Å². The molecule has 1 aliphatic rings. The smallest absolute Gasteiger partial charge is 0.468 e. The molecule has 3 rings (SSSR count). The van der Waals surface area contributed by atoms with Crippen molar-refractivity contribution in [1.82, 2.24) is 4.90 Å². The molecule has 0 bridgehead atoms. The fourth-order valence-electron chi connectivity index (χ4n) is 3.38. The molecular formula is C20H19Cl7NO6PS. The molecule has 0 unspecified atom stereocenters. The van der Waals surface area contributed by atoms with Crippen LogP contribution in [0.5, 0.6) is 5.06 Å². The van der Waals surface area contributed by atoms with Crippen LogP contribution in [0, 0.1) is 0 Å². The van der Waals surface area contributed by atoms with E-state index in [0.717, 1.165) is 10.4 Å². The van der Waals surface area contributed by atoms with Gasteiger partial charge in [-0.05, 0) is 29.7 Å². The summed E-state index contributed by atoms with van der Waals surface area (Å²) in [5, 5.41) is 0.664. The van der Waals surface area contributed by atoms with Gasteiger partial charge >= 0.3 is 13.8 Å². The maximum absolute atomic E-state index is 13.2. The van der Waals surface area contributed by atoms with E-state index >= 15 is 0 Å². The maximum Gasteiger partial charge on any atom is 0.531 e. The lowest BCUT2D eigenvalue weighted by molar-refractivity contribution is -0.147. The number of hydrogen-bond acceptors (Lipinski definition) is 8. The van der Waals surface area contributed by atoms with Crippen molar-refractivity contribution < 1.29 is 27.7 Å². The highest BCUT2D eigenvalue weighted by atomic mass is 35.6. The van der Waals surface area contributed by atoms with Gasteiger partial charge in [0.2, 0.25) is 7.59 Å². The number of thiophene rings is 1. The minimum Gasteiger partial charge on any atom is -0.468 e. The highest BCUT2D eigenvalue weighted by Crippen LogP contribution is 2.54. The van der Waals surface area contributed by atoms with Gasteiger partial charge in [-0.25, -0.2) is 9.36 Å². The van der Waals surface area contributed by atoms with Crippen molar-refractivity contribution in [1.29, 1.82) is 0 Å². The third kappa shape index (κ3) is 8.94. The molecule has 2 heterocycles.